The van der Waals surface area contributed by atoms with Crippen LogP contribution < -0.4 is 0 Å². The van der Waals surface area contributed by atoms with Crippen molar-refractivity contribution >= 4 is 11.6 Å². The minimum absolute atomic E-state index is 0.00988. The molecule has 0 radical (unpaired) electrons. The fourth-order valence-corrected chi connectivity index (χ4v) is 6.31. The lowest BCUT2D eigenvalue weighted by atomic mass is 9.67. The summed E-state index contributed by atoms with van der Waals surface area (Å²) in [7, 11) is 1.72. The average Bonchev–Trinajstić information content (AvgIpc) is 3.67. The summed E-state index contributed by atoms with van der Waals surface area (Å²) in [5.41, 5.74) is 1.21. The number of hydrogen-bond acceptors (Lipinski definition) is 3. The van der Waals surface area contributed by atoms with Crippen LogP contribution in [0.2, 0.25) is 0 Å². The molecule has 0 N–H and O–H groups in total. The molecule has 5 atom stereocenters. The standard InChI is InChI=1S/C33H56O3/c1-9-10-12-26(21-22(2)3)15-19-31(34)28-13-11-14-29(25(28)7)33(35)30(27-16-17-27)18-20-32(36-8)24(6)23(4)5/h18,20,22-23,25-30H,9-17,19,21H2,1-8H3/b20-18+,32-24-/t25-,26-,28-,29+,30?/m1/s1. The molecule has 0 bridgehead atoms. The van der Waals surface area contributed by atoms with E-state index < -0.39 is 0 Å². The largest absolute Gasteiger partial charge is 0.497 e. The van der Waals surface area contributed by atoms with E-state index in [1.807, 2.05) is 6.08 Å². The van der Waals surface area contributed by atoms with Crippen LogP contribution in [-0.2, 0) is 14.3 Å². The smallest absolute Gasteiger partial charge is 0.143 e. The van der Waals surface area contributed by atoms with Crippen molar-refractivity contribution < 1.29 is 14.3 Å². The Morgan fingerprint density at radius 2 is 1.67 bits per heavy atom. The van der Waals surface area contributed by atoms with Crippen molar-refractivity contribution in [2.45, 2.75) is 119 Å². The van der Waals surface area contributed by atoms with Crippen LogP contribution >= 0.6 is 0 Å². The van der Waals surface area contributed by atoms with E-state index in [0.717, 1.165) is 44.3 Å². The van der Waals surface area contributed by atoms with Gasteiger partial charge in [-0.1, -0.05) is 73.3 Å². The Morgan fingerprint density at radius 3 is 2.22 bits per heavy atom. The molecule has 0 saturated heterocycles. The molecule has 2 saturated carbocycles. The number of ether oxygens (including phenoxy) is 1. The zero-order chi connectivity index (χ0) is 26.8. The lowest BCUT2D eigenvalue weighted by Crippen LogP contribution is -2.38. The maximum Gasteiger partial charge on any atom is 0.143 e. The van der Waals surface area contributed by atoms with Crippen molar-refractivity contribution in [3.8, 4) is 0 Å². The van der Waals surface area contributed by atoms with Crippen LogP contribution in [-0.4, -0.2) is 18.7 Å². The Balaban J connectivity index is 2.07. The van der Waals surface area contributed by atoms with Gasteiger partial charge in [0, 0.05) is 24.2 Å². The molecular weight excluding hydrogens is 444 g/mol. The van der Waals surface area contributed by atoms with Gasteiger partial charge < -0.3 is 4.74 Å². The van der Waals surface area contributed by atoms with Gasteiger partial charge in [-0.15, -0.1) is 0 Å². The van der Waals surface area contributed by atoms with Gasteiger partial charge in [-0.3, -0.25) is 9.59 Å². The number of ketones is 2. The summed E-state index contributed by atoms with van der Waals surface area (Å²) < 4.78 is 5.65. The predicted molar refractivity (Wildman–Crippen MR) is 152 cm³/mol. The van der Waals surface area contributed by atoms with Gasteiger partial charge in [-0.2, -0.15) is 0 Å². The number of Topliss-reactive ketones (excluding diaryl/α,β-unsaturated/α-hetero) is 2. The molecule has 2 rings (SSSR count). The van der Waals surface area contributed by atoms with Gasteiger partial charge in [0.2, 0.25) is 0 Å². The first-order valence-electron chi connectivity index (χ1n) is 15.1. The fourth-order valence-electron chi connectivity index (χ4n) is 6.31. The van der Waals surface area contributed by atoms with Gasteiger partial charge in [-0.05, 0) is 86.7 Å². The maximum absolute atomic E-state index is 13.8. The number of rotatable bonds is 16. The highest BCUT2D eigenvalue weighted by atomic mass is 16.5. The Kier molecular flexibility index (Phi) is 13.0. The predicted octanol–water partition coefficient (Wildman–Crippen LogP) is 8.97. The van der Waals surface area contributed by atoms with Crippen molar-refractivity contribution in [2.75, 3.05) is 7.11 Å². The molecule has 206 valence electrons. The van der Waals surface area contributed by atoms with E-state index in [9.17, 15) is 9.59 Å². The normalized spacial score (nSPS) is 25.2. The number of methoxy groups -OCH3 is 1. The highest BCUT2D eigenvalue weighted by molar-refractivity contribution is 5.88. The van der Waals surface area contributed by atoms with E-state index in [1.165, 1.54) is 31.3 Å². The van der Waals surface area contributed by atoms with Crippen molar-refractivity contribution in [1.82, 2.24) is 0 Å². The zero-order valence-corrected chi connectivity index (χ0v) is 24.8. The molecule has 0 amide bonds. The van der Waals surface area contributed by atoms with Gasteiger partial charge in [0.15, 0.2) is 0 Å². The van der Waals surface area contributed by atoms with E-state index >= 15 is 0 Å². The Bertz CT molecular complexity index is 755. The quantitative estimate of drug-likeness (QED) is 0.157. The first kappa shape index (κ1) is 30.8. The lowest BCUT2D eigenvalue weighted by Gasteiger charge is -2.36. The highest BCUT2D eigenvalue weighted by Crippen LogP contribution is 2.44. The number of carbonyl (C=O) groups is 2. The molecule has 3 nitrogen and oxygen atoms in total. The minimum Gasteiger partial charge on any atom is -0.497 e. The zero-order valence-electron chi connectivity index (χ0n) is 24.8. The van der Waals surface area contributed by atoms with Crippen LogP contribution in [0.3, 0.4) is 0 Å². The van der Waals surface area contributed by atoms with E-state index in [2.05, 4.69) is 54.5 Å². The summed E-state index contributed by atoms with van der Waals surface area (Å²) in [5, 5.41) is 0. The summed E-state index contributed by atoms with van der Waals surface area (Å²) in [6, 6.07) is 0. The molecule has 0 heterocycles. The third-order valence-corrected chi connectivity index (χ3v) is 9.04. The second kappa shape index (κ2) is 15.1. The Hall–Kier alpha value is -1.38. The summed E-state index contributed by atoms with van der Waals surface area (Å²) in [6.45, 7) is 15.5. The summed E-state index contributed by atoms with van der Waals surface area (Å²) >= 11 is 0. The maximum atomic E-state index is 13.8. The number of allylic oxidation sites excluding steroid dienone is 3. The molecule has 0 aliphatic heterocycles. The number of unbranched alkanes of at least 4 members (excludes halogenated alkanes) is 1. The van der Waals surface area contributed by atoms with Gasteiger partial charge in [-0.25, -0.2) is 0 Å². The second-order valence-electron chi connectivity index (χ2n) is 12.7. The van der Waals surface area contributed by atoms with Gasteiger partial charge in [0.05, 0.1) is 7.11 Å². The van der Waals surface area contributed by atoms with Gasteiger partial charge in [0.1, 0.15) is 17.3 Å². The second-order valence-corrected chi connectivity index (χ2v) is 12.7. The van der Waals surface area contributed by atoms with Crippen LogP contribution in [0, 0.1) is 47.3 Å². The third kappa shape index (κ3) is 9.18. The van der Waals surface area contributed by atoms with Crippen molar-refractivity contribution in [1.29, 1.82) is 0 Å². The summed E-state index contributed by atoms with van der Waals surface area (Å²) in [6.07, 6.45) is 16.0. The van der Waals surface area contributed by atoms with Gasteiger partial charge in [0.25, 0.3) is 0 Å². The van der Waals surface area contributed by atoms with E-state index in [-0.39, 0.29) is 23.7 Å². The molecule has 1 unspecified atom stereocenters. The molecule has 0 spiro atoms. The fraction of sp³-hybridized carbons (Fsp3) is 0.818. The molecule has 0 aromatic carbocycles. The molecule has 2 fully saturated rings. The van der Waals surface area contributed by atoms with Gasteiger partial charge >= 0.3 is 0 Å². The van der Waals surface area contributed by atoms with Crippen molar-refractivity contribution in [2.24, 2.45) is 47.3 Å². The SMILES string of the molecule is CCCC[C@H](CCC(=O)[C@@H]1CCC[C@H](C(=O)C(/C=C/C(OC)=C(\C)C(C)C)C2CC2)[C@@H]1C)CC(C)C. The summed E-state index contributed by atoms with van der Waals surface area (Å²) in [5.74, 6) is 4.07. The molecule has 0 aromatic heterocycles. The first-order valence-corrected chi connectivity index (χ1v) is 15.1. The Labute approximate surface area is 222 Å². The molecular formula is C33H56O3. The lowest BCUT2D eigenvalue weighted by molar-refractivity contribution is -0.133. The molecule has 2 aliphatic rings. The third-order valence-electron chi connectivity index (χ3n) is 9.04. The monoisotopic (exact) mass is 500 g/mol. The molecule has 3 heteroatoms. The van der Waals surface area contributed by atoms with Crippen molar-refractivity contribution in [3.63, 3.8) is 0 Å². The van der Waals surface area contributed by atoms with E-state index in [4.69, 9.17) is 4.74 Å². The molecule has 0 aromatic rings. The number of carbonyl (C=O) groups excluding carboxylic acids is 2. The van der Waals surface area contributed by atoms with Crippen LogP contribution in [0.25, 0.3) is 0 Å². The van der Waals surface area contributed by atoms with Crippen molar-refractivity contribution in [3.05, 3.63) is 23.5 Å². The van der Waals surface area contributed by atoms with Crippen LogP contribution in [0.4, 0.5) is 0 Å². The minimum atomic E-state index is -0.0409. The van der Waals surface area contributed by atoms with Crippen LogP contribution in [0.15, 0.2) is 23.5 Å². The average molecular weight is 501 g/mol. The first-order chi connectivity index (χ1) is 17.1. The summed E-state index contributed by atoms with van der Waals surface area (Å²) in [4.78, 5) is 27.3. The highest BCUT2D eigenvalue weighted by Gasteiger charge is 2.43. The number of hydrogen-bond donors (Lipinski definition) is 0. The Morgan fingerprint density at radius 1 is 1.00 bits per heavy atom. The topological polar surface area (TPSA) is 43.4 Å². The van der Waals surface area contributed by atoms with E-state index in [1.54, 1.807) is 7.11 Å². The molecule has 36 heavy (non-hydrogen) atoms. The van der Waals surface area contributed by atoms with E-state index in [0.29, 0.717) is 41.7 Å². The van der Waals surface area contributed by atoms with Crippen LogP contribution in [0.5, 0.6) is 0 Å². The molecule has 2 aliphatic carbocycles. The van der Waals surface area contributed by atoms with Crippen LogP contribution in [0.1, 0.15) is 119 Å².